The summed E-state index contributed by atoms with van der Waals surface area (Å²) in [6.45, 7) is 5.11. The van der Waals surface area contributed by atoms with E-state index in [1.54, 1.807) is 7.05 Å². The van der Waals surface area contributed by atoms with Crippen LogP contribution in [0, 0.1) is 0 Å². The molecule has 7 heteroatoms. The lowest BCUT2D eigenvalue weighted by Crippen LogP contribution is -2.40. The predicted octanol–water partition coefficient (Wildman–Crippen LogP) is 1.66. The van der Waals surface area contributed by atoms with E-state index in [-0.39, 0.29) is 0 Å². The molecule has 7 nitrogen and oxygen atoms in total. The molecule has 0 amide bonds. The fourth-order valence-electron chi connectivity index (χ4n) is 2.88. The number of guanidine groups is 1. The minimum atomic E-state index is 0.566. The van der Waals surface area contributed by atoms with Gasteiger partial charge in [-0.15, -0.1) is 0 Å². The van der Waals surface area contributed by atoms with Gasteiger partial charge in [0.2, 0.25) is 0 Å². The summed E-state index contributed by atoms with van der Waals surface area (Å²) >= 11 is 0. The molecule has 1 aliphatic heterocycles. The molecule has 0 aliphatic carbocycles. The molecule has 2 heterocycles. The van der Waals surface area contributed by atoms with Gasteiger partial charge in [0.15, 0.2) is 5.96 Å². The molecule has 2 aromatic rings. The molecule has 0 atom stereocenters. The van der Waals surface area contributed by atoms with E-state index >= 15 is 0 Å². The minimum Gasteiger partial charge on any atom is -0.492 e. The molecule has 0 saturated carbocycles. The Morgan fingerprint density at radius 1 is 1.15 bits per heavy atom. The fraction of sp³-hybridized carbons (Fsp3) is 0.400. The lowest BCUT2D eigenvalue weighted by molar-refractivity contribution is 0.122. The molecule has 0 spiro atoms. The van der Waals surface area contributed by atoms with Gasteiger partial charge < -0.3 is 25.0 Å². The summed E-state index contributed by atoms with van der Waals surface area (Å²) < 4.78 is 11.1. The van der Waals surface area contributed by atoms with Gasteiger partial charge in [-0.3, -0.25) is 4.99 Å². The highest BCUT2D eigenvalue weighted by molar-refractivity contribution is 5.79. The first-order chi connectivity index (χ1) is 13.4. The van der Waals surface area contributed by atoms with Crippen molar-refractivity contribution in [3.05, 3.63) is 54.2 Å². The van der Waals surface area contributed by atoms with E-state index in [2.05, 4.69) is 31.6 Å². The van der Waals surface area contributed by atoms with Crippen LogP contribution in [0.1, 0.15) is 5.56 Å². The number of pyridine rings is 1. The molecule has 0 unspecified atom stereocenters. The van der Waals surface area contributed by atoms with Crippen LogP contribution in [0.4, 0.5) is 5.82 Å². The minimum absolute atomic E-state index is 0.566. The Balaban J connectivity index is 1.46. The molecule has 27 heavy (non-hydrogen) atoms. The normalized spacial score (nSPS) is 14.7. The zero-order valence-electron chi connectivity index (χ0n) is 15.7. The topological polar surface area (TPSA) is 71.0 Å². The highest BCUT2D eigenvalue weighted by Crippen LogP contribution is 2.18. The van der Waals surface area contributed by atoms with E-state index in [0.717, 1.165) is 49.4 Å². The number of benzene rings is 1. The molecule has 1 aromatic carbocycles. The molecule has 2 N–H and O–H groups in total. The van der Waals surface area contributed by atoms with Crippen LogP contribution in [0.25, 0.3) is 0 Å². The summed E-state index contributed by atoms with van der Waals surface area (Å²) in [6.07, 6.45) is 1.84. The van der Waals surface area contributed by atoms with Gasteiger partial charge in [-0.25, -0.2) is 4.98 Å². The predicted molar refractivity (Wildman–Crippen MR) is 107 cm³/mol. The maximum atomic E-state index is 5.69. The van der Waals surface area contributed by atoms with Gasteiger partial charge in [-0.2, -0.15) is 0 Å². The summed E-state index contributed by atoms with van der Waals surface area (Å²) in [6, 6.07) is 13.8. The van der Waals surface area contributed by atoms with E-state index < -0.39 is 0 Å². The summed E-state index contributed by atoms with van der Waals surface area (Å²) in [5.74, 6) is 2.62. The summed E-state index contributed by atoms with van der Waals surface area (Å²) in [5, 5.41) is 6.62. The third kappa shape index (κ3) is 5.86. The molecular weight excluding hydrogens is 342 g/mol. The molecule has 0 bridgehead atoms. The van der Waals surface area contributed by atoms with Crippen molar-refractivity contribution in [2.45, 2.75) is 6.54 Å². The lowest BCUT2D eigenvalue weighted by Gasteiger charge is -2.29. The van der Waals surface area contributed by atoms with Crippen molar-refractivity contribution in [3.63, 3.8) is 0 Å². The highest BCUT2D eigenvalue weighted by atomic mass is 16.5. The number of ether oxygens (including phenoxy) is 2. The zero-order chi connectivity index (χ0) is 18.7. The van der Waals surface area contributed by atoms with E-state index in [0.29, 0.717) is 19.7 Å². The molecular formula is C20H27N5O2. The Labute approximate surface area is 160 Å². The van der Waals surface area contributed by atoms with Crippen LogP contribution >= 0.6 is 0 Å². The van der Waals surface area contributed by atoms with Gasteiger partial charge in [0.25, 0.3) is 0 Å². The van der Waals surface area contributed by atoms with Crippen molar-refractivity contribution in [3.8, 4) is 5.75 Å². The van der Waals surface area contributed by atoms with Gasteiger partial charge in [0.1, 0.15) is 18.2 Å². The van der Waals surface area contributed by atoms with Crippen LogP contribution in [0.2, 0.25) is 0 Å². The maximum absolute atomic E-state index is 5.69. The third-order valence-electron chi connectivity index (χ3n) is 4.25. The number of anilines is 1. The first-order valence-corrected chi connectivity index (χ1v) is 9.26. The quantitative estimate of drug-likeness (QED) is 0.439. The standard InChI is InChI=1S/C20H27N5O2/c1-21-20(23-10-13-27-18-7-3-2-4-8-18)24-16-17-6-5-9-22-19(17)25-11-14-26-15-12-25/h2-9H,10-16H2,1H3,(H2,21,23,24). The van der Waals surface area contributed by atoms with Crippen LogP contribution in [0.15, 0.2) is 53.7 Å². The van der Waals surface area contributed by atoms with E-state index in [4.69, 9.17) is 9.47 Å². The molecule has 0 radical (unpaired) electrons. The number of hydrogen-bond donors (Lipinski definition) is 2. The second-order valence-corrected chi connectivity index (χ2v) is 6.10. The molecule has 144 valence electrons. The smallest absolute Gasteiger partial charge is 0.191 e. The number of hydrogen-bond acceptors (Lipinski definition) is 5. The first-order valence-electron chi connectivity index (χ1n) is 9.26. The Kier molecular flexibility index (Phi) is 7.29. The first kappa shape index (κ1) is 19.0. The number of aromatic nitrogens is 1. The Hall–Kier alpha value is -2.80. The van der Waals surface area contributed by atoms with Crippen molar-refractivity contribution in [1.82, 2.24) is 15.6 Å². The van der Waals surface area contributed by atoms with Crippen LogP contribution in [-0.2, 0) is 11.3 Å². The van der Waals surface area contributed by atoms with Crippen molar-refractivity contribution in [1.29, 1.82) is 0 Å². The number of nitrogens with zero attached hydrogens (tertiary/aromatic N) is 3. The number of rotatable bonds is 7. The Morgan fingerprint density at radius 3 is 2.74 bits per heavy atom. The molecule has 1 aromatic heterocycles. The molecule has 1 saturated heterocycles. The lowest BCUT2D eigenvalue weighted by atomic mass is 10.2. The average molecular weight is 369 g/mol. The van der Waals surface area contributed by atoms with Gasteiger partial charge in [0, 0.05) is 38.4 Å². The average Bonchev–Trinajstić information content (AvgIpc) is 2.75. The van der Waals surface area contributed by atoms with Gasteiger partial charge in [-0.05, 0) is 18.2 Å². The molecule has 1 aliphatic rings. The maximum Gasteiger partial charge on any atom is 0.191 e. The number of morpholine rings is 1. The number of nitrogens with one attached hydrogen (secondary N) is 2. The van der Waals surface area contributed by atoms with Crippen LogP contribution in [0.5, 0.6) is 5.75 Å². The third-order valence-corrected chi connectivity index (χ3v) is 4.25. The van der Waals surface area contributed by atoms with Crippen LogP contribution in [-0.4, -0.2) is 57.4 Å². The second-order valence-electron chi connectivity index (χ2n) is 6.10. The Morgan fingerprint density at radius 2 is 1.96 bits per heavy atom. The molecule has 3 rings (SSSR count). The highest BCUT2D eigenvalue weighted by Gasteiger charge is 2.15. The van der Waals surface area contributed by atoms with Crippen molar-refractivity contribution in [2.75, 3.05) is 51.4 Å². The summed E-state index contributed by atoms with van der Waals surface area (Å²) in [7, 11) is 1.76. The number of para-hydroxylation sites is 1. The Bertz CT molecular complexity index is 717. The SMILES string of the molecule is CN=C(NCCOc1ccccc1)NCc1cccnc1N1CCOCC1. The molecule has 1 fully saturated rings. The van der Waals surface area contributed by atoms with Gasteiger partial charge >= 0.3 is 0 Å². The summed E-state index contributed by atoms with van der Waals surface area (Å²) in [4.78, 5) is 11.1. The largest absolute Gasteiger partial charge is 0.492 e. The monoisotopic (exact) mass is 369 g/mol. The number of aliphatic imine (C=N–C) groups is 1. The van der Waals surface area contributed by atoms with Crippen molar-refractivity contribution >= 4 is 11.8 Å². The second kappa shape index (κ2) is 10.4. The van der Waals surface area contributed by atoms with E-state index in [1.807, 2.05) is 42.6 Å². The van der Waals surface area contributed by atoms with Gasteiger partial charge in [0.05, 0.1) is 19.8 Å². The van der Waals surface area contributed by atoms with Crippen molar-refractivity contribution in [2.24, 2.45) is 4.99 Å². The summed E-state index contributed by atoms with van der Waals surface area (Å²) in [5.41, 5.74) is 1.14. The van der Waals surface area contributed by atoms with Crippen molar-refractivity contribution < 1.29 is 9.47 Å². The van der Waals surface area contributed by atoms with Crippen LogP contribution < -0.4 is 20.3 Å². The van der Waals surface area contributed by atoms with Crippen LogP contribution in [0.3, 0.4) is 0 Å². The zero-order valence-corrected chi connectivity index (χ0v) is 15.7. The van der Waals surface area contributed by atoms with E-state index in [1.165, 1.54) is 0 Å². The van der Waals surface area contributed by atoms with Gasteiger partial charge in [-0.1, -0.05) is 24.3 Å². The van der Waals surface area contributed by atoms with E-state index in [9.17, 15) is 0 Å². The fourth-order valence-corrected chi connectivity index (χ4v) is 2.88.